The molecule has 4 heteroatoms. The number of unbranched alkanes of at least 4 members (excludes halogenated alkanes) is 2. The molecule has 0 aromatic rings. The van der Waals surface area contributed by atoms with Crippen molar-refractivity contribution in [1.82, 2.24) is 5.32 Å². The van der Waals surface area contributed by atoms with E-state index in [1.165, 1.54) is 12.8 Å². The summed E-state index contributed by atoms with van der Waals surface area (Å²) in [6.07, 6.45) is 11.7. The number of ether oxygens (including phenoxy) is 2. The highest BCUT2D eigenvalue weighted by Gasteiger charge is 2.32. The topological polar surface area (TPSA) is 47.6 Å². The number of hydrogen-bond donors (Lipinski definition) is 1. The van der Waals surface area contributed by atoms with Crippen LogP contribution in [0.4, 0.5) is 0 Å². The van der Waals surface area contributed by atoms with E-state index in [0.29, 0.717) is 26.6 Å². The maximum absolute atomic E-state index is 11.7. The van der Waals surface area contributed by atoms with Crippen molar-refractivity contribution in [3.8, 4) is 0 Å². The summed E-state index contributed by atoms with van der Waals surface area (Å²) in [4.78, 5) is 11.7. The van der Waals surface area contributed by atoms with Crippen LogP contribution in [-0.2, 0) is 14.3 Å². The minimum atomic E-state index is -0.0846. The maximum Gasteiger partial charge on any atom is 0.243 e. The van der Waals surface area contributed by atoms with Crippen LogP contribution in [0.5, 0.6) is 0 Å². The molecule has 1 rings (SSSR count). The zero-order valence-electron chi connectivity index (χ0n) is 12.7. The van der Waals surface area contributed by atoms with E-state index >= 15 is 0 Å². The predicted octanol–water partition coefficient (Wildman–Crippen LogP) is 2.81. The van der Waals surface area contributed by atoms with Gasteiger partial charge in [-0.25, -0.2) is 0 Å². The SMILES string of the molecule is CCCCC=CC=CC(=O)NCC1(CC)COCOC1. The highest BCUT2D eigenvalue weighted by molar-refractivity contribution is 5.87. The first-order valence-electron chi connectivity index (χ1n) is 7.49. The zero-order valence-corrected chi connectivity index (χ0v) is 12.7. The van der Waals surface area contributed by atoms with E-state index < -0.39 is 0 Å². The van der Waals surface area contributed by atoms with E-state index in [0.717, 1.165) is 12.8 Å². The second kappa shape index (κ2) is 9.72. The maximum atomic E-state index is 11.7. The van der Waals surface area contributed by atoms with Crippen molar-refractivity contribution >= 4 is 5.91 Å². The highest BCUT2D eigenvalue weighted by Crippen LogP contribution is 2.25. The largest absolute Gasteiger partial charge is 0.355 e. The summed E-state index contributed by atoms with van der Waals surface area (Å²) in [7, 11) is 0. The van der Waals surface area contributed by atoms with Gasteiger partial charge in [-0.3, -0.25) is 4.79 Å². The van der Waals surface area contributed by atoms with Gasteiger partial charge in [0.15, 0.2) is 0 Å². The smallest absolute Gasteiger partial charge is 0.243 e. The summed E-state index contributed by atoms with van der Waals surface area (Å²) in [6.45, 7) is 6.50. The average molecular weight is 281 g/mol. The van der Waals surface area contributed by atoms with Gasteiger partial charge in [0.1, 0.15) is 6.79 Å². The second-order valence-electron chi connectivity index (χ2n) is 5.32. The van der Waals surface area contributed by atoms with E-state index in [1.54, 1.807) is 12.2 Å². The monoisotopic (exact) mass is 281 g/mol. The summed E-state index contributed by atoms with van der Waals surface area (Å²) in [5, 5.41) is 2.93. The molecule has 0 aromatic heterocycles. The molecule has 0 unspecified atom stereocenters. The lowest BCUT2D eigenvalue weighted by atomic mass is 9.86. The number of carbonyl (C=O) groups is 1. The van der Waals surface area contributed by atoms with Crippen molar-refractivity contribution in [3.63, 3.8) is 0 Å². The molecule has 1 saturated heterocycles. The van der Waals surface area contributed by atoms with Gasteiger partial charge in [0.05, 0.1) is 13.2 Å². The van der Waals surface area contributed by atoms with Gasteiger partial charge < -0.3 is 14.8 Å². The van der Waals surface area contributed by atoms with Crippen LogP contribution in [0.15, 0.2) is 24.3 Å². The van der Waals surface area contributed by atoms with Crippen molar-refractivity contribution in [3.05, 3.63) is 24.3 Å². The highest BCUT2D eigenvalue weighted by atomic mass is 16.7. The standard InChI is InChI=1S/C16H27NO3/c1-3-5-6-7-8-9-10-15(18)17-11-16(4-2)12-19-14-20-13-16/h7-10H,3-6,11-14H2,1-2H3,(H,17,18). The van der Waals surface area contributed by atoms with E-state index in [9.17, 15) is 4.79 Å². The Morgan fingerprint density at radius 1 is 1.25 bits per heavy atom. The molecule has 1 N–H and O–H groups in total. The number of hydrogen-bond acceptors (Lipinski definition) is 3. The van der Waals surface area contributed by atoms with Gasteiger partial charge >= 0.3 is 0 Å². The molecule has 0 bridgehead atoms. The van der Waals surface area contributed by atoms with E-state index in [2.05, 4.69) is 25.2 Å². The molecule has 114 valence electrons. The Bertz CT molecular complexity index is 331. The van der Waals surface area contributed by atoms with Crippen LogP contribution >= 0.6 is 0 Å². The Morgan fingerprint density at radius 2 is 2.00 bits per heavy atom. The Morgan fingerprint density at radius 3 is 2.65 bits per heavy atom. The van der Waals surface area contributed by atoms with Gasteiger partial charge in [0, 0.05) is 18.0 Å². The van der Waals surface area contributed by atoms with Crippen LogP contribution in [0.1, 0.15) is 39.5 Å². The van der Waals surface area contributed by atoms with Crippen molar-refractivity contribution in [1.29, 1.82) is 0 Å². The summed E-state index contributed by atoms with van der Waals surface area (Å²) in [5.41, 5.74) is -0.0846. The molecule has 4 nitrogen and oxygen atoms in total. The third kappa shape index (κ3) is 6.35. The van der Waals surface area contributed by atoms with E-state index in [-0.39, 0.29) is 11.3 Å². The van der Waals surface area contributed by atoms with Crippen molar-refractivity contribution < 1.29 is 14.3 Å². The Kier molecular flexibility index (Phi) is 8.23. The molecular formula is C16H27NO3. The fraction of sp³-hybridized carbons (Fsp3) is 0.688. The molecule has 0 atom stereocenters. The molecule has 0 aromatic carbocycles. The first kappa shape index (κ1) is 16.9. The lowest BCUT2D eigenvalue weighted by molar-refractivity contribution is -0.164. The second-order valence-corrected chi connectivity index (χ2v) is 5.32. The van der Waals surface area contributed by atoms with Gasteiger partial charge in [0.25, 0.3) is 0 Å². The third-order valence-corrected chi connectivity index (χ3v) is 3.59. The third-order valence-electron chi connectivity index (χ3n) is 3.59. The number of amides is 1. The Labute approximate surface area is 122 Å². The number of rotatable bonds is 8. The summed E-state index contributed by atoms with van der Waals surface area (Å²) < 4.78 is 10.7. The normalized spacial score (nSPS) is 18.7. The predicted molar refractivity (Wildman–Crippen MR) is 80.3 cm³/mol. The lowest BCUT2D eigenvalue weighted by Gasteiger charge is -2.35. The Hall–Kier alpha value is -1.13. The lowest BCUT2D eigenvalue weighted by Crippen LogP contribution is -2.46. The van der Waals surface area contributed by atoms with Crippen LogP contribution < -0.4 is 5.32 Å². The molecular weight excluding hydrogens is 254 g/mol. The molecule has 1 aliphatic heterocycles. The van der Waals surface area contributed by atoms with Crippen LogP contribution in [0.25, 0.3) is 0 Å². The van der Waals surface area contributed by atoms with Gasteiger partial charge in [-0.15, -0.1) is 0 Å². The molecule has 1 fully saturated rings. The molecule has 20 heavy (non-hydrogen) atoms. The zero-order chi connectivity index (χ0) is 14.7. The Balaban J connectivity index is 2.27. The average Bonchev–Trinajstić information content (AvgIpc) is 2.49. The van der Waals surface area contributed by atoms with Gasteiger partial charge in [-0.2, -0.15) is 0 Å². The molecule has 1 aliphatic rings. The van der Waals surface area contributed by atoms with Gasteiger partial charge in [-0.1, -0.05) is 44.9 Å². The summed E-state index contributed by atoms with van der Waals surface area (Å²) in [5.74, 6) is -0.0662. The molecule has 0 saturated carbocycles. The van der Waals surface area contributed by atoms with Gasteiger partial charge in [0.2, 0.25) is 5.91 Å². The van der Waals surface area contributed by atoms with Crippen molar-refractivity contribution in [2.45, 2.75) is 39.5 Å². The molecule has 0 radical (unpaired) electrons. The molecule has 0 spiro atoms. The summed E-state index contributed by atoms with van der Waals surface area (Å²) >= 11 is 0. The molecule has 0 aliphatic carbocycles. The number of carbonyl (C=O) groups excluding carboxylic acids is 1. The van der Waals surface area contributed by atoms with Crippen LogP contribution in [0.2, 0.25) is 0 Å². The van der Waals surface area contributed by atoms with Crippen LogP contribution in [0, 0.1) is 5.41 Å². The van der Waals surface area contributed by atoms with Crippen molar-refractivity contribution in [2.24, 2.45) is 5.41 Å². The molecule has 1 amide bonds. The van der Waals surface area contributed by atoms with Crippen molar-refractivity contribution in [2.75, 3.05) is 26.6 Å². The number of allylic oxidation sites excluding steroid dienone is 3. The minimum Gasteiger partial charge on any atom is -0.355 e. The van der Waals surface area contributed by atoms with E-state index in [1.807, 2.05) is 6.08 Å². The number of nitrogens with one attached hydrogen (secondary N) is 1. The first-order chi connectivity index (χ1) is 9.72. The van der Waals surface area contributed by atoms with Gasteiger partial charge in [-0.05, 0) is 12.8 Å². The quantitative estimate of drug-likeness (QED) is 0.423. The minimum absolute atomic E-state index is 0.0662. The fourth-order valence-corrected chi connectivity index (χ4v) is 2.02. The molecule has 1 heterocycles. The first-order valence-corrected chi connectivity index (χ1v) is 7.49. The van der Waals surface area contributed by atoms with Crippen LogP contribution in [0.3, 0.4) is 0 Å². The van der Waals surface area contributed by atoms with Crippen LogP contribution in [-0.4, -0.2) is 32.5 Å². The fourth-order valence-electron chi connectivity index (χ4n) is 2.02. The summed E-state index contributed by atoms with van der Waals surface area (Å²) in [6, 6.07) is 0. The van der Waals surface area contributed by atoms with E-state index in [4.69, 9.17) is 9.47 Å².